The highest BCUT2D eigenvalue weighted by Gasteiger charge is 2.21. The number of piperidine rings is 1. The molecule has 0 saturated carbocycles. The van der Waals surface area contributed by atoms with Gasteiger partial charge in [-0.2, -0.15) is 0 Å². The van der Waals surface area contributed by atoms with E-state index in [0.717, 1.165) is 43.1 Å². The molecule has 1 fully saturated rings. The first-order chi connectivity index (χ1) is 8.76. The lowest BCUT2D eigenvalue weighted by atomic mass is 10.1. The van der Waals surface area contributed by atoms with Crippen LogP contribution in [0.5, 0.6) is 0 Å². The molecule has 0 unspecified atom stereocenters. The first-order valence-corrected chi connectivity index (χ1v) is 7.37. The standard InChI is InChI=1S/C14H19Cl2NO/c1-2-18-11-6-8-17(9-7-11)14-5-3-4-13(16)12(14)10-15/h3-5,11H,2,6-10H2,1H3. The molecule has 1 aliphatic heterocycles. The molecule has 18 heavy (non-hydrogen) atoms. The molecular formula is C14H19Cl2NO. The average molecular weight is 288 g/mol. The number of anilines is 1. The summed E-state index contributed by atoms with van der Waals surface area (Å²) in [6.45, 7) is 4.87. The number of benzene rings is 1. The SMILES string of the molecule is CCOC1CCN(c2cccc(Cl)c2CCl)CC1. The average Bonchev–Trinajstić information content (AvgIpc) is 2.40. The zero-order valence-corrected chi connectivity index (χ0v) is 12.2. The normalized spacial score (nSPS) is 17.2. The summed E-state index contributed by atoms with van der Waals surface area (Å²) in [5.74, 6) is 0.459. The Hall–Kier alpha value is -0.440. The third-order valence-electron chi connectivity index (χ3n) is 3.41. The Labute approximate surface area is 119 Å². The third-order valence-corrected chi connectivity index (χ3v) is 4.03. The number of hydrogen-bond donors (Lipinski definition) is 0. The maximum atomic E-state index is 6.19. The number of nitrogens with zero attached hydrogens (tertiary/aromatic N) is 1. The summed E-state index contributed by atoms with van der Waals surface area (Å²) in [5, 5.41) is 0.759. The highest BCUT2D eigenvalue weighted by molar-refractivity contribution is 6.32. The van der Waals surface area contributed by atoms with E-state index in [4.69, 9.17) is 27.9 Å². The van der Waals surface area contributed by atoms with Crippen LogP contribution in [-0.2, 0) is 10.6 Å². The van der Waals surface area contributed by atoms with Crippen molar-refractivity contribution in [1.29, 1.82) is 0 Å². The summed E-state index contributed by atoms with van der Waals surface area (Å²) in [7, 11) is 0. The molecule has 1 aromatic carbocycles. The summed E-state index contributed by atoms with van der Waals surface area (Å²) in [4.78, 5) is 2.36. The fourth-order valence-corrected chi connectivity index (χ4v) is 3.06. The maximum Gasteiger partial charge on any atom is 0.0608 e. The van der Waals surface area contributed by atoms with Crippen LogP contribution in [0.4, 0.5) is 5.69 Å². The van der Waals surface area contributed by atoms with Crippen LogP contribution in [0.3, 0.4) is 0 Å². The highest BCUT2D eigenvalue weighted by Crippen LogP contribution is 2.31. The van der Waals surface area contributed by atoms with Crippen LogP contribution in [0.2, 0.25) is 5.02 Å². The summed E-state index contributed by atoms with van der Waals surface area (Å²) in [5.41, 5.74) is 2.21. The van der Waals surface area contributed by atoms with Gasteiger partial charge in [-0.1, -0.05) is 17.7 Å². The minimum absolute atomic E-state index is 0.407. The molecule has 2 nitrogen and oxygen atoms in total. The van der Waals surface area contributed by atoms with E-state index in [1.807, 2.05) is 12.1 Å². The second-order valence-corrected chi connectivity index (χ2v) is 5.19. The molecule has 0 spiro atoms. The van der Waals surface area contributed by atoms with Crippen molar-refractivity contribution in [3.05, 3.63) is 28.8 Å². The summed E-state index contributed by atoms with van der Waals surface area (Å²) < 4.78 is 5.67. The zero-order chi connectivity index (χ0) is 13.0. The minimum Gasteiger partial charge on any atom is -0.378 e. The smallest absolute Gasteiger partial charge is 0.0608 e. The second kappa shape index (κ2) is 6.65. The molecule has 1 aliphatic rings. The molecule has 1 aromatic rings. The van der Waals surface area contributed by atoms with Crippen molar-refractivity contribution >= 4 is 28.9 Å². The van der Waals surface area contributed by atoms with Crippen LogP contribution in [0.15, 0.2) is 18.2 Å². The Balaban J connectivity index is 2.07. The molecule has 4 heteroatoms. The van der Waals surface area contributed by atoms with Crippen molar-refractivity contribution in [2.24, 2.45) is 0 Å². The number of alkyl halides is 1. The van der Waals surface area contributed by atoms with Crippen LogP contribution in [0, 0.1) is 0 Å². The van der Waals surface area contributed by atoms with Crippen LogP contribution in [0.25, 0.3) is 0 Å². The van der Waals surface area contributed by atoms with E-state index in [1.54, 1.807) is 0 Å². The quantitative estimate of drug-likeness (QED) is 0.774. The lowest BCUT2D eigenvalue weighted by Crippen LogP contribution is -2.37. The van der Waals surface area contributed by atoms with Gasteiger partial charge in [0.25, 0.3) is 0 Å². The van der Waals surface area contributed by atoms with Crippen molar-refractivity contribution in [1.82, 2.24) is 0 Å². The summed E-state index contributed by atoms with van der Waals surface area (Å²) in [6, 6.07) is 5.99. The molecule has 0 N–H and O–H groups in total. The largest absolute Gasteiger partial charge is 0.378 e. The highest BCUT2D eigenvalue weighted by atomic mass is 35.5. The van der Waals surface area contributed by atoms with Crippen LogP contribution in [-0.4, -0.2) is 25.8 Å². The monoisotopic (exact) mass is 287 g/mol. The molecule has 0 aliphatic carbocycles. The van der Waals surface area contributed by atoms with E-state index in [2.05, 4.69) is 17.9 Å². The lowest BCUT2D eigenvalue weighted by Gasteiger charge is -2.34. The Morgan fingerprint density at radius 1 is 1.33 bits per heavy atom. The van der Waals surface area contributed by atoms with Crippen LogP contribution < -0.4 is 4.90 Å². The van der Waals surface area contributed by atoms with E-state index in [9.17, 15) is 0 Å². The van der Waals surface area contributed by atoms with E-state index < -0.39 is 0 Å². The second-order valence-electron chi connectivity index (χ2n) is 4.51. The molecule has 0 bridgehead atoms. The molecule has 0 atom stereocenters. The van der Waals surface area contributed by atoms with Gasteiger partial charge < -0.3 is 9.64 Å². The van der Waals surface area contributed by atoms with Gasteiger partial charge in [-0.15, -0.1) is 11.6 Å². The predicted octanol–water partition coefficient (Wildman–Crippen LogP) is 4.08. The molecule has 0 aromatic heterocycles. The van der Waals surface area contributed by atoms with Crippen molar-refractivity contribution in [2.75, 3.05) is 24.6 Å². The topological polar surface area (TPSA) is 12.5 Å². The Kier molecular flexibility index (Phi) is 5.16. The molecule has 0 amide bonds. The number of hydrogen-bond acceptors (Lipinski definition) is 2. The predicted molar refractivity (Wildman–Crippen MR) is 77.9 cm³/mol. The number of ether oxygens (including phenoxy) is 1. The minimum atomic E-state index is 0.407. The van der Waals surface area contributed by atoms with Gasteiger partial charge in [-0.05, 0) is 31.9 Å². The number of rotatable bonds is 4. The number of halogens is 2. The van der Waals surface area contributed by atoms with E-state index in [1.165, 1.54) is 5.69 Å². The Morgan fingerprint density at radius 2 is 2.06 bits per heavy atom. The molecular weight excluding hydrogens is 269 g/mol. The van der Waals surface area contributed by atoms with Crippen LogP contribution in [0.1, 0.15) is 25.3 Å². The maximum absolute atomic E-state index is 6.19. The Morgan fingerprint density at radius 3 is 2.67 bits per heavy atom. The van der Waals surface area contributed by atoms with Gasteiger partial charge >= 0.3 is 0 Å². The van der Waals surface area contributed by atoms with Crippen molar-refractivity contribution < 1.29 is 4.74 Å². The Bertz CT molecular complexity index is 389. The first kappa shape index (κ1) is 14.0. The molecule has 2 rings (SSSR count). The molecule has 1 heterocycles. The fourth-order valence-electron chi connectivity index (χ4n) is 2.47. The molecule has 0 radical (unpaired) electrons. The summed E-state index contributed by atoms with van der Waals surface area (Å²) >= 11 is 12.2. The van der Waals surface area contributed by atoms with Gasteiger partial charge in [-0.3, -0.25) is 0 Å². The van der Waals surface area contributed by atoms with Gasteiger partial charge in [0.15, 0.2) is 0 Å². The van der Waals surface area contributed by atoms with E-state index in [0.29, 0.717) is 12.0 Å². The zero-order valence-electron chi connectivity index (χ0n) is 10.7. The lowest BCUT2D eigenvalue weighted by molar-refractivity contribution is 0.0459. The van der Waals surface area contributed by atoms with Gasteiger partial charge in [0, 0.05) is 36.0 Å². The van der Waals surface area contributed by atoms with Gasteiger partial charge in [0.05, 0.1) is 12.0 Å². The van der Waals surface area contributed by atoms with Gasteiger partial charge in [0.2, 0.25) is 0 Å². The van der Waals surface area contributed by atoms with Gasteiger partial charge in [0.1, 0.15) is 0 Å². The summed E-state index contributed by atoms with van der Waals surface area (Å²) in [6.07, 6.45) is 2.55. The van der Waals surface area contributed by atoms with E-state index >= 15 is 0 Å². The molecule has 1 saturated heterocycles. The first-order valence-electron chi connectivity index (χ1n) is 6.46. The van der Waals surface area contributed by atoms with Crippen LogP contribution >= 0.6 is 23.2 Å². The van der Waals surface area contributed by atoms with E-state index in [-0.39, 0.29) is 0 Å². The van der Waals surface area contributed by atoms with Gasteiger partial charge in [-0.25, -0.2) is 0 Å². The third kappa shape index (κ3) is 3.11. The molecule has 100 valence electrons. The van der Waals surface area contributed by atoms with Crippen molar-refractivity contribution in [2.45, 2.75) is 31.7 Å². The van der Waals surface area contributed by atoms with Crippen molar-refractivity contribution in [3.63, 3.8) is 0 Å². The fraction of sp³-hybridized carbons (Fsp3) is 0.571. The van der Waals surface area contributed by atoms with Crippen molar-refractivity contribution in [3.8, 4) is 0 Å².